The zero-order valence-electron chi connectivity index (χ0n) is 24.9. The highest BCUT2D eigenvalue weighted by atomic mass is 35.5. The van der Waals surface area contributed by atoms with E-state index in [1.807, 2.05) is 24.3 Å². The van der Waals surface area contributed by atoms with Gasteiger partial charge in [0.15, 0.2) is 0 Å². The van der Waals surface area contributed by atoms with E-state index in [2.05, 4.69) is 76.8 Å². The van der Waals surface area contributed by atoms with Crippen LogP contribution >= 0.6 is 11.6 Å². The zero-order chi connectivity index (χ0) is 28.2. The van der Waals surface area contributed by atoms with Crippen molar-refractivity contribution in [1.82, 2.24) is 4.90 Å². The molecule has 212 valence electrons. The maximum absolute atomic E-state index is 13.5. The van der Waals surface area contributed by atoms with Gasteiger partial charge < -0.3 is 9.64 Å². The van der Waals surface area contributed by atoms with E-state index in [0.717, 1.165) is 50.1 Å². The number of fused-ring (bicyclic) bond motifs is 2. The number of carbonyl (C=O) groups is 1. The fourth-order valence-corrected chi connectivity index (χ4v) is 6.15. The second-order valence-electron chi connectivity index (χ2n) is 13.0. The second kappa shape index (κ2) is 12.5. The van der Waals surface area contributed by atoms with Crippen molar-refractivity contribution >= 4 is 17.5 Å². The number of carbonyl (C=O) groups excluding carboxylic acids is 1. The molecular weight excluding hydrogens is 502 g/mol. The van der Waals surface area contributed by atoms with E-state index >= 15 is 0 Å². The van der Waals surface area contributed by atoms with Crippen LogP contribution in [-0.2, 0) is 10.8 Å². The van der Waals surface area contributed by atoms with Gasteiger partial charge in [-0.1, -0.05) is 77.4 Å². The highest BCUT2D eigenvalue weighted by Crippen LogP contribution is 2.44. The molecule has 4 rings (SSSR count). The third-order valence-electron chi connectivity index (χ3n) is 9.59. The van der Waals surface area contributed by atoms with Gasteiger partial charge in [0.05, 0.1) is 6.61 Å². The van der Waals surface area contributed by atoms with Crippen LogP contribution in [0.1, 0.15) is 102 Å². The third-order valence-corrected chi connectivity index (χ3v) is 9.84. The Kier molecular flexibility index (Phi) is 9.53. The molecule has 0 saturated heterocycles. The Morgan fingerprint density at radius 1 is 0.949 bits per heavy atom. The number of halogens is 1. The molecule has 4 heteroatoms. The molecule has 1 saturated carbocycles. The Hall–Kier alpha value is -2.26. The lowest BCUT2D eigenvalue weighted by Gasteiger charge is -2.30. The molecule has 0 aliphatic heterocycles. The van der Waals surface area contributed by atoms with Gasteiger partial charge in [-0.3, -0.25) is 4.79 Å². The molecule has 1 amide bonds. The fraction of sp³-hybridized carbons (Fsp3) is 0.571. The van der Waals surface area contributed by atoms with E-state index in [4.69, 9.17) is 16.3 Å². The first-order valence-electron chi connectivity index (χ1n) is 15.0. The van der Waals surface area contributed by atoms with Gasteiger partial charge in [0.2, 0.25) is 0 Å². The minimum atomic E-state index is 0.0477. The van der Waals surface area contributed by atoms with Crippen LogP contribution in [0.2, 0.25) is 5.02 Å². The van der Waals surface area contributed by atoms with E-state index in [9.17, 15) is 4.79 Å². The third kappa shape index (κ3) is 7.09. The standard InChI is InChI=1S/C35H48ClNO2/c1-7-34(3,4)29-15-18-32(31(23-29)35(5,6)8-2)39-20-10-9-19-37(24-28-22-25-11-12-27(28)21-25)33(38)26-13-16-30(36)17-14-26/h11-18,23,25,27-28H,7-10,19-22,24H2,1-6H3. The van der Waals surface area contributed by atoms with Crippen molar-refractivity contribution in [1.29, 1.82) is 0 Å². The average Bonchev–Trinajstić information content (AvgIpc) is 3.56. The van der Waals surface area contributed by atoms with Crippen LogP contribution in [0.5, 0.6) is 5.75 Å². The summed E-state index contributed by atoms with van der Waals surface area (Å²) < 4.78 is 6.41. The molecule has 0 N–H and O–H groups in total. The van der Waals surface area contributed by atoms with Crippen LogP contribution in [-0.4, -0.2) is 30.5 Å². The lowest BCUT2D eigenvalue weighted by Crippen LogP contribution is -2.37. The number of ether oxygens (including phenoxy) is 1. The Bertz CT molecular complexity index is 1150. The molecule has 3 nitrogen and oxygen atoms in total. The molecule has 0 spiro atoms. The van der Waals surface area contributed by atoms with Crippen molar-refractivity contribution in [2.45, 2.75) is 90.9 Å². The van der Waals surface area contributed by atoms with Crippen molar-refractivity contribution in [2.75, 3.05) is 19.7 Å². The minimum Gasteiger partial charge on any atom is -0.493 e. The van der Waals surface area contributed by atoms with E-state index < -0.39 is 0 Å². The monoisotopic (exact) mass is 549 g/mol. The number of unbranched alkanes of at least 4 members (excludes halogenated alkanes) is 1. The smallest absolute Gasteiger partial charge is 0.253 e. The number of allylic oxidation sites excluding steroid dienone is 2. The quantitative estimate of drug-likeness (QED) is 0.184. The molecular formula is C35H48ClNO2. The molecule has 0 heterocycles. The fourth-order valence-electron chi connectivity index (χ4n) is 6.03. The Morgan fingerprint density at radius 2 is 1.67 bits per heavy atom. The summed E-state index contributed by atoms with van der Waals surface area (Å²) in [5.41, 5.74) is 3.59. The van der Waals surface area contributed by atoms with Crippen molar-refractivity contribution < 1.29 is 9.53 Å². The Morgan fingerprint density at radius 3 is 2.28 bits per heavy atom. The van der Waals surface area contributed by atoms with Crippen LogP contribution in [0.4, 0.5) is 0 Å². The van der Waals surface area contributed by atoms with Crippen molar-refractivity contribution in [3.63, 3.8) is 0 Å². The summed E-state index contributed by atoms with van der Waals surface area (Å²) in [7, 11) is 0. The molecule has 2 aromatic rings. The first-order valence-corrected chi connectivity index (χ1v) is 15.4. The normalized spacial score (nSPS) is 20.4. The van der Waals surface area contributed by atoms with Crippen molar-refractivity contribution in [3.05, 3.63) is 76.3 Å². The van der Waals surface area contributed by atoms with E-state index in [-0.39, 0.29) is 16.7 Å². The van der Waals surface area contributed by atoms with Gasteiger partial charge in [-0.05, 0) is 103 Å². The van der Waals surface area contributed by atoms with Crippen molar-refractivity contribution in [3.8, 4) is 5.75 Å². The maximum atomic E-state index is 13.5. The molecule has 0 radical (unpaired) electrons. The molecule has 1 fully saturated rings. The first-order chi connectivity index (χ1) is 18.5. The molecule has 2 bridgehead atoms. The average molecular weight is 550 g/mol. The van der Waals surface area contributed by atoms with Crippen molar-refractivity contribution in [2.24, 2.45) is 17.8 Å². The number of amides is 1. The summed E-state index contributed by atoms with van der Waals surface area (Å²) >= 11 is 6.09. The predicted octanol–water partition coefficient (Wildman–Crippen LogP) is 9.23. The topological polar surface area (TPSA) is 29.5 Å². The first kappa shape index (κ1) is 29.7. The summed E-state index contributed by atoms with van der Waals surface area (Å²) in [5, 5.41) is 0.658. The molecule has 3 unspecified atom stereocenters. The van der Waals surface area contributed by atoms with Gasteiger partial charge in [-0.2, -0.15) is 0 Å². The summed E-state index contributed by atoms with van der Waals surface area (Å²) in [6.45, 7) is 16.0. The number of rotatable bonds is 13. The lowest BCUT2D eigenvalue weighted by molar-refractivity contribution is 0.0713. The lowest BCUT2D eigenvalue weighted by atomic mass is 9.76. The van der Waals surface area contributed by atoms with E-state index in [0.29, 0.717) is 29.4 Å². The van der Waals surface area contributed by atoms with Gasteiger partial charge >= 0.3 is 0 Å². The summed E-state index contributed by atoms with van der Waals surface area (Å²) in [5.74, 6) is 3.01. The number of nitrogens with zero attached hydrogens (tertiary/aromatic N) is 1. The highest BCUT2D eigenvalue weighted by Gasteiger charge is 2.37. The molecule has 0 aromatic heterocycles. The van der Waals surface area contributed by atoms with E-state index in [1.54, 1.807) is 0 Å². The maximum Gasteiger partial charge on any atom is 0.253 e. The summed E-state index contributed by atoms with van der Waals surface area (Å²) in [4.78, 5) is 15.6. The number of hydrogen-bond acceptors (Lipinski definition) is 2. The second-order valence-corrected chi connectivity index (χ2v) is 13.5. The van der Waals surface area contributed by atoms with E-state index in [1.165, 1.54) is 24.0 Å². The minimum absolute atomic E-state index is 0.0477. The highest BCUT2D eigenvalue weighted by molar-refractivity contribution is 6.30. The number of hydrogen-bond donors (Lipinski definition) is 0. The van der Waals surface area contributed by atoms with Gasteiger partial charge in [0.25, 0.3) is 5.91 Å². The largest absolute Gasteiger partial charge is 0.493 e. The summed E-state index contributed by atoms with van der Waals surface area (Å²) in [6.07, 6.45) is 11.2. The van der Waals surface area contributed by atoms with Crippen LogP contribution in [0.3, 0.4) is 0 Å². The van der Waals surface area contributed by atoms with Crippen LogP contribution in [0, 0.1) is 17.8 Å². The predicted molar refractivity (Wildman–Crippen MR) is 164 cm³/mol. The molecule has 2 aliphatic rings. The van der Waals surface area contributed by atoms with Gasteiger partial charge in [0, 0.05) is 29.2 Å². The molecule has 3 atom stereocenters. The molecule has 2 aromatic carbocycles. The SMILES string of the molecule is CCC(C)(C)c1ccc(OCCCCN(CC2CC3C=CC2C3)C(=O)c2ccc(Cl)cc2)c(C(C)(C)CC)c1. The van der Waals surface area contributed by atoms with Crippen LogP contribution in [0.25, 0.3) is 0 Å². The van der Waals surface area contributed by atoms with Gasteiger partial charge in [0.1, 0.15) is 5.75 Å². The summed E-state index contributed by atoms with van der Waals surface area (Å²) in [6, 6.07) is 14.1. The van der Waals surface area contributed by atoms with Crippen LogP contribution < -0.4 is 4.74 Å². The van der Waals surface area contributed by atoms with Gasteiger partial charge in [-0.25, -0.2) is 0 Å². The Labute approximate surface area is 242 Å². The molecule has 39 heavy (non-hydrogen) atoms. The number of benzene rings is 2. The zero-order valence-corrected chi connectivity index (χ0v) is 25.7. The Balaban J connectivity index is 1.39. The van der Waals surface area contributed by atoms with Gasteiger partial charge in [-0.15, -0.1) is 0 Å². The molecule has 2 aliphatic carbocycles. The van der Waals surface area contributed by atoms with Crippen LogP contribution in [0.15, 0.2) is 54.6 Å².